The van der Waals surface area contributed by atoms with Gasteiger partial charge in [0, 0.05) is 11.8 Å². The summed E-state index contributed by atoms with van der Waals surface area (Å²) in [5.41, 5.74) is 1.27. The summed E-state index contributed by atoms with van der Waals surface area (Å²) in [7, 11) is -3.72. The van der Waals surface area contributed by atoms with Crippen molar-refractivity contribution in [1.29, 1.82) is 0 Å². The van der Waals surface area contributed by atoms with Crippen LogP contribution in [-0.4, -0.2) is 18.6 Å². The van der Waals surface area contributed by atoms with Crippen LogP contribution in [-0.2, 0) is 10.0 Å². The van der Waals surface area contributed by atoms with E-state index in [1.165, 1.54) is 12.1 Å². The molecule has 1 aromatic heterocycles. The second-order valence-electron chi connectivity index (χ2n) is 4.69. The van der Waals surface area contributed by atoms with Crippen LogP contribution in [0.15, 0.2) is 59.6 Å². The molecule has 1 heterocycles. The van der Waals surface area contributed by atoms with Crippen molar-refractivity contribution in [1.82, 2.24) is 10.2 Å². The zero-order valence-electron chi connectivity index (χ0n) is 11.6. The van der Waals surface area contributed by atoms with E-state index in [1.807, 2.05) is 0 Å². The summed E-state index contributed by atoms with van der Waals surface area (Å²) in [6, 6.07) is 13.1. The lowest BCUT2D eigenvalue weighted by Crippen LogP contribution is -2.13. The predicted molar refractivity (Wildman–Crippen MR) is 91.3 cm³/mol. The van der Waals surface area contributed by atoms with Crippen LogP contribution in [0.1, 0.15) is 0 Å². The van der Waals surface area contributed by atoms with E-state index in [-0.39, 0.29) is 10.7 Å². The van der Waals surface area contributed by atoms with E-state index in [4.69, 9.17) is 23.2 Å². The molecular formula is C15H11Cl2N3O2S. The van der Waals surface area contributed by atoms with Crippen LogP contribution in [0.25, 0.3) is 11.1 Å². The Morgan fingerprint density at radius 1 is 1.00 bits per heavy atom. The summed E-state index contributed by atoms with van der Waals surface area (Å²) in [5, 5.41) is 7.41. The van der Waals surface area contributed by atoms with Gasteiger partial charge in [0.1, 0.15) is 0 Å². The summed E-state index contributed by atoms with van der Waals surface area (Å²) in [6.07, 6.45) is 1.59. The molecule has 2 aromatic carbocycles. The van der Waals surface area contributed by atoms with E-state index < -0.39 is 10.0 Å². The fraction of sp³-hybridized carbons (Fsp3) is 0. The third kappa shape index (κ3) is 3.34. The Kier molecular flexibility index (Phi) is 4.30. The van der Waals surface area contributed by atoms with E-state index in [0.717, 1.165) is 0 Å². The van der Waals surface area contributed by atoms with Gasteiger partial charge in [0.25, 0.3) is 10.0 Å². The second-order valence-corrected chi connectivity index (χ2v) is 7.19. The number of hydrogen-bond acceptors (Lipinski definition) is 3. The van der Waals surface area contributed by atoms with E-state index in [9.17, 15) is 8.42 Å². The maximum atomic E-state index is 12.4. The number of H-pyrrole nitrogens is 1. The Hall–Kier alpha value is -2.02. The minimum atomic E-state index is -3.72. The first kappa shape index (κ1) is 15.9. The molecule has 0 amide bonds. The number of benzene rings is 2. The third-order valence-corrected chi connectivity index (χ3v) is 5.25. The molecule has 0 atom stereocenters. The third-order valence-electron chi connectivity index (χ3n) is 3.16. The summed E-state index contributed by atoms with van der Waals surface area (Å²) in [5.74, 6) is 0.187. The van der Waals surface area contributed by atoms with Gasteiger partial charge in [-0.2, -0.15) is 5.10 Å². The molecule has 0 radical (unpaired) electrons. The van der Waals surface area contributed by atoms with Crippen molar-refractivity contribution >= 4 is 39.0 Å². The van der Waals surface area contributed by atoms with E-state index >= 15 is 0 Å². The highest BCUT2D eigenvalue weighted by Crippen LogP contribution is 2.32. The molecule has 118 valence electrons. The number of aromatic amines is 1. The molecule has 2 N–H and O–H groups in total. The maximum Gasteiger partial charge on any atom is 0.263 e. The van der Waals surface area contributed by atoms with Crippen molar-refractivity contribution in [3.63, 3.8) is 0 Å². The molecular weight excluding hydrogens is 357 g/mol. The zero-order valence-corrected chi connectivity index (χ0v) is 14.0. The van der Waals surface area contributed by atoms with Crippen LogP contribution in [0.3, 0.4) is 0 Å². The van der Waals surface area contributed by atoms with Gasteiger partial charge in [0.2, 0.25) is 0 Å². The highest BCUT2D eigenvalue weighted by atomic mass is 35.5. The number of sulfonamides is 1. The lowest BCUT2D eigenvalue weighted by Gasteiger charge is -2.08. The SMILES string of the molecule is O=S(=O)(Nc1n[nH]cc1-c1ccc(Cl)c(Cl)c1)c1ccccc1. The number of nitrogens with one attached hydrogen (secondary N) is 2. The lowest BCUT2D eigenvalue weighted by atomic mass is 10.1. The number of rotatable bonds is 4. The summed E-state index contributed by atoms with van der Waals surface area (Å²) >= 11 is 11.9. The average molecular weight is 368 g/mol. The van der Waals surface area contributed by atoms with Crippen LogP contribution in [0, 0.1) is 0 Å². The van der Waals surface area contributed by atoms with Crippen molar-refractivity contribution < 1.29 is 8.42 Å². The van der Waals surface area contributed by atoms with Gasteiger partial charge in [0.05, 0.1) is 14.9 Å². The molecule has 3 aromatic rings. The van der Waals surface area contributed by atoms with Gasteiger partial charge >= 0.3 is 0 Å². The smallest absolute Gasteiger partial charge is 0.263 e. The second kappa shape index (κ2) is 6.23. The van der Waals surface area contributed by atoms with Gasteiger partial charge in [-0.15, -0.1) is 0 Å². The monoisotopic (exact) mass is 367 g/mol. The van der Waals surface area contributed by atoms with Gasteiger partial charge in [0.15, 0.2) is 5.82 Å². The van der Waals surface area contributed by atoms with Crippen molar-refractivity contribution in [3.8, 4) is 11.1 Å². The average Bonchev–Trinajstić information content (AvgIpc) is 2.98. The zero-order chi connectivity index (χ0) is 16.4. The van der Waals surface area contributed by atoms with Gasteiger partial charge in [-0.05, 0) is 29.8 Å². The largest absolute Gasteiger partial charge is 0.283 e. The van der Waals surface area contributed by atoms with E-state index in [1.54, 1.807) is 42.6 Å². The number of anilines is 1. The van der Waals surface area contributed by atoms with Crippen molar-refractivity contribution in [2.24, 2.45) is 0 Å². The minimum Gasteiger partial charge on any atom is -0.283 e. The topological polar surface area (TPSA) is 74.8 Å². The Morgan fingerprint density at radius 2 is 1.74 bits per heavy atom. The highest BCUT2D eigenvalue weighted by molar-refractivity contribution is 7.92. The molecule has 0 saturated carbocycles. The Labute approximate surface area is 143 Å². The van der Waals surface area contributed by atoms with Gasteiger partial charge < -0.3 is 0 Å². The van der Waals surface area contributed by atoms with Gasteiger partial charge in [-0.25, -0.2) is 8.42 Å². The first-order valence-electron chi connectivity index (χ1n) is 6.54. The predicted octanol–water partition coefficient (Wildman–Crippen LogP) is 4.18. The van der Waals surface area contributed by atoms with Crippen LogP contribution in [0.2, 0.25) is 10.0 Å². The maximum absolute atomic E-state index is 12.4. The van der Waals surface area contributed by atoms with Crippen LogP contribution in [0.4, 0.5) is 5.82 Å². The Bertz CT molecular complexity index is 940. The quantitative estimate of drug-likeness (QED) is 0.725. The Morgan fingerprint density at radius 3 is 2.43 bits per heavy atom. The first-order valence-corrected chi connectivity index (χ1v) is 8.78. The van der Waals surface area contributed by atoms with Crippen LogP contribution >= 0.6 is 23.2 Å². The highest BCUT2D eigenvalue weighted by Gasteiger charge is 2.18. The standard InChI is InChI=1S/C15H11Cl2N3O2S/c16-13-7-6-10(8-14(13)17)12-9-18-19-15(12)20-23(21,22)11-4-2-1-3-5-11/h1-9H,(H2,18,19,20). The van der Waals surface area contributed by atoms with Crippen LogP contribution in [0.5, 0.6) is 0 Å². The van der Waals surface area contributed by atoms with E-state index in [2.05, 4.69) is 14.9 Å². The Balaban J connectivity index is 1.97. The van der Waals surface area contributed by atoms with E-state index in [0.29, 0.717) is 21.2 Å². The molecule has 0 unspecified atom stereocenters. The number of hydrogen-bond donors (Lipinski definition) is 2. The molecule has 8 heteroatoms. The van der Waals surface area contributed by atoms with Gasteiger partial charge in [-0.1, -0.05) is 47.5 Å². The first-order chi connectivity index (χ1) is 11.0. The molecule has 0 aliphatic rings. The molecule has 5 nitrogen and oxygen atoms in total. The lowest BCUT2D eigenvalue weighted by molar-refractivity contribution is 0.601. The molecule has 0 saturated heterocycles. The number of aromatic nitrogens is 2. The summed E-state index contributed by atoms with van der Waals surface area (Å²) in [4.78, 5) is 0.156. The molecule has 3 rings (SSSR count). The molecule has 0 fully saturated rings. The van der Waals surface area contributed by atoms with Crippen LogP contribution < -0.4 is 4.72 Å². The van der Waals surface area contributed by atoms with Crippen molar-refractivity contribution in [3.05, 3.63) is 64.8 Å². The molecule has 0 bridgehead atoms. The van der Waals surface area contributed by atoms with Crippen molar-refractivity contribution in [2.75, 3.05) is 4.72 Å². The van der Waals surface area contributed by atoms with Crippen molar-refractivity contribution in [2.45, 2.75) is 4.90 Å². The molecule has 0 aliphatic carbocycles. The fourth-order valence-electron chi connectivity index (χ4n) is 2.04. The molecule has 0 spiro atoms. The normalized spacial score (nSPS) is 11.4. The molecule has 23 heavy (non-hydrogen) atoms. The fourth-order valence-corrected chi connectivity index (χ4v) is 3.38. The summed E-state index contributed by atoms with van der Waals surface area (Å²) in [6.45, 7) is 0. The molecule has 0 aliphatic heterocycles. The van der Waals surface area contributed by atoms with Gasteiger partial charge in [-0.3, -0.25) is 9.82 Å². The minimum absolute atomic E-state index is 0.156. The number of halogens is 2. The summed E-state index contributed by atoms with van der Waals surface area (Å²) < 4.78 is 27.3. The number of nitrogens with zero attached hydrogens (tertiary/aromatic N) is 1.